The number of hydrogen-bond acceptors (Lipinski definition) is 7. The summed E-state index contributed by atoms with van der Waals surface area (Å²) >= 11 is 0. The lowest BCUT2D eigenvalue weighted by molar-refractivity contribution is -0.243. The zero-order valence-corrected chi connectivity index (χ0v) is 19.9. The molecule has 2 aromatic rings. The Hall–Kier alpha value is -3.67. The van der Waals surface area contributed by atoms with Crippen LogP contribution in [0.5, 0.6) is 0 Å². The second-order valence-corrected chi connectivity index (χ2v) is 9.24. The molecule has 2 aromatic carbocycles. The number of piperazine rings is 1. The molecule has 3 heterocycles. The van der Waals surface area contributed by atoms with Crippen LogP contribution in [0, 0.1) is 11.6 Å². The molecule has 9 nitrogen and oxygen atoms in total. The van der Waals surface area contributed by atoms with Crippen molar-refractivity contribution < 1.29 is 37.7 Å². The van der Waals surface area contributed by atoms with Crippen LogP contribution in [-0.4, -0.2) is 69.8 Å². The summed E-state index contributed by atoms with van der Waals surface area (Å²) < 4.78 is 38.6. The lowest BCUT2D eigenvalue weighted by atomic mass is 9.88. The molecule has 0 spiro atoms. The number of carbonyl (C=O) groups is 3. The molecule has 3 aliphatic rings. The van der Waals surface area contributed by atoms with Gasteiger partial charge in [0.15, 0.2) is 6.04 Å². The molecule has 11 heteroatoms. The van der Waals surface area contributed by atoms with Crippen molar-refractivity contribution >= 4 is 17.6 Å². The fourth-order valence-corrected chi connectivity index (χ4v) is 4.83. The van der Waals surface area contributed by atoms with Gasteiger partial charge in [0.1, 0.15) is 23.4 Å². The number of Topliss-reactive ketones (excluding diaryl/α,β-unsaturated/α-hetero) is 1. The van der Waals surface area contributed by atoms with Gasteiger partial charge in [-0.3, -0.25) is 14.4 Å². The van der Waals surface area contributed by atoms with Crippen molar-refractivity contribution in [2.45, 2.75) is 44.2 Å². The van der Waals surface area contributed by atoms with Gasteiger partial charge in [-0.1, -0.05) is 36.4 Å². The quantitative estimate of drug-likeness (QED) is 0.442. The third kappa shape index (κ3) is 4.50. The molecule has 194 valence electrons. The standard InChI is InChI=1S/C26H25F2N3O6/c1-15-13-36-21-12-30-11-19(24(33)29-10-17-7-8-18(27)9-20(17)28)23(32)26(35,22(30)25(34)31(15)21)37-14-16-5-3-2-4-6-16/h2-9,11,15,21-22,35H,10,12-14H2,1H3,(H,29,33). The molecule has 4 unspecified atom stereocenters. The number of aliphatic hydroxyl groups is 1. The Morgan fingerprint density at radius 2 is 1.97 bits per heavy atom. The van der Waals surface area contributed by atoms with E-state index in [-0.39, 0.29) is 37.9 Å². The fourth-order valence-electron chi connectivity index (χ4n) is 4.83. The highest BCUT2D eigenvalue weighted by molar-refractivity contribution is 6.23. The van der Waals surface area contributed by atoms with Crippen molar-refractivity contribution in [3.8, 4) is 0 Å². The van der Waals surface area contributed by atoms with Gasteiger partial charge in [-0.2, -0.15) is 0 Å². The van der Waals surface area contributed by atoms with Gasteiger partial charge in [0.25, 0.3) is 17.6 Å². The Morgan fingerprint density at radius 3 is 2.70 bits per heavy atom. The molecule has 37 heavy (non-hydrogen) atoms. The first-order valence-electron chi connectivity index (χ1n) is 11.8. The highest BCUT2D eigenvalue weighted by Crippen LogP contribution is 2.37. The first kappa shape index (κ1) is 25.0. The van der Waals surface area contributed by atoms with E-state index >= 15 is 0 Å². The van der Waals surface area contributed by atoms with Gasteiger partial charge in [0, 0.05) is 24.4 Å². The number of amides is 2. The highest BCUT2D eigenvalue weighted by atomic mass is 19.1. The molecule has 0 radical (unpaired) electrons. The number of rotatable bonds is 6. The first-order valence-corrected chi connectivity index (χ1v) is 11.8. The van der Waals surface area contributed by atoms with Crippen LogP contribution in [0.2, 0.25) is 0 Å². The second-order valence-electron chi connectivity index (χ2n) is 9.24. The summed E-state index contributed by atoms with van der Waals surface area (Å²) in [4.78, 5) is 42.9. The van der Waals surface area contributed by atoms with E-state index in [4.69, 9.17) is 9.47 Å². The minimum absolute atomic E-state index is 0.00390. The fraction of sp³-hybridized carbons (Fsp3) is 0.346. The number of hydrogen-bond donors (Lipinski definition) is 2. The summed E-state index contributed by atoms with van der Waals surface area (Å²) in [6, 6.07) is 9.95. The van der Waals surface area contributed by atoms with Crippen molar-refractivity contribution in [3.63, 3.8) is 0 Å². The van der Waals surface area contributed by atoms with E-state index in [1.54, 1.807) is 37.3 Å². The van der Waals surface area contributed by atoms with Crippen molar-refractivity contribution in [1.82, 2.24) is 15.1 Å². The minimum Gasteiger partial charge on any atom is -0.357 e. The number of carbonyl (C=O) groups excluding carboxylic acids is 3. The third-order valence-electron chi connectivity index (χ3n) is 6.74. The molecule has 4 atom stereocenters. The normalized spacial score (nSPS) is 27.0. The van der Waals surface area contributed by atoms with E-state index in [2.05, 4.69) is 5.32 Å². The van der Waals surface area contributed by atoms with Gasteiger partial charge in [0.05, 0.1) is 25.8 Å². The average molecular weight is 513 g/mol. The van der Waals surface area contributed by atoms with Crippen LogP contribution in [0.25, 0.3) is 0 Å². The molecule has 2 N–H and O–H groups in total. The van der Waals surface area contributed by atoms with E-state index in [0.717, 1.165) is 6.07 Å². The lowest BCUT2D eigenvalue weighted by Crippen LogP contribution is -2.72. The zero-order chi connectivity index (χ0) is 26.3. The van der Waals surface area contributed by atoms with E-state index in [1.807, 2.05) is 0 Å². The van der Waals surface area contributed by atoms with Gasteiger partial charge in [-0.25, -0.2) is 8.78 Å². The van der Waals surface area contributed by atoms with E-state index in [0.29, 0.717) is 11.6 Å². The van der Waals surface area contributed by atoms with Gasteiger partial charge >= 0.3 is 0 Å². The van der Waals surface area contributed by atoms with Gasteiger partial charge in [0.2, 0.25) is 5.78 Å². The number of ether oxygens (including phenoxy) is 2. The van der Waals surface area contributed by atoms with E-state index in [1.165, 1.54) is 22.1 Å². The lowest BCUT2D eigenvalue weighted by Gasteiger charge is -2.49. The number of ketones is 1. The van der Waals surface area contributed by atoms with Gasteiger partial charge in [-0.05, 0) is 18.6 Å². The zero-order valence-electron chi connectivity index (χ0n) is 19.9. The molecule has 2 amide bonds. The maximum absolute atomic E-state index is 14.0. The van der Waals surface area contributed by atoms with Crippen molar-refractivity contribution in [3.05, 3.63) is 83.1 Å². The largest absolute Gasteiger partial charge is 0.357 e. The van der Waals surface area contributed by atoms with Crippen molar-refractivity contribution in [2.24, 2.45) is 0 Å². The predicted molar refractivity (Wildman–Crippen MR) is 124 cm³/mol. The third-order valence-corrected chi connectivity index (χ3v) is 6.74. The van der Waals surface area contributed by atoms with Crippen LogP contribution in [0.4, 0.5) is 8.78 Å². The SMILES string of the molecule is CC1COC2CN3C=C(C(=O)NCc4ccc(F)cc4F)C(=O)C(O)(OCc4ccccc4)C3C(=O)N12. The molecule has 0 aliphatic carbocycles. The number of halogens is 2. The Morgan fingerprint density at radius 1 is 1.22 bits per heavy atom. The molecule has 0 aromatic heterocycles. The van der Waals surface area contributed by atoms with Crippen LogP contribution in [-0.2, 0) is 37.0 Å². The van der Waals surface area contributed by atoms with Gasteiger partial charge < -0.3 is 29.7 Å². The summed E-state index contributed by atoms with van der Waals surface area (Å²) in [5.41, 5.74) is 0.174. The summed E-state index contributed by atoms with van der Waals surface area (Å²) in [6.45, 7) is 1.64. The summed E-state index contributed by atoms with van der Waals surface area (Å²) in [6.07, 6.45) is 0.574. The van der Waals surface area contributed by atoms with E-state index in [9.17, 15) is 28.3 Å². The summed E-state index contributed by atoms with van der Waals surface area (Å²) in [5, 5.41) is 14.0. The number of benzene rings is 2. The smallest absolute Gasteiger partial charge is 0.262 e. The van der Waals surface area contributed by atoms with Crippen LogP contribution in [0.1, 0.15) is 18.1 Å². The van der Waals surface area contributed by atoms with E-state index < -0.39 is 52.9 Å². The van der Waals surface area contributed by atoms with Crippen molar-refractivity contribution in [2.75, 3.05) is 13.2 Å². The summed E-state index contributed by atoms with van der Waals surface area (Å²) in [7, 11) is 0. The van der Waals surface area contributed by atoms with Crippen LogP contribution in [0.15, 0.2) is 60.3 Å². The Bertz CT molecular complexity index is 1270. The topological polar surface area (TPSA) is 108 Å². The molecule has 2 saturated heterocycles. The molecule has 3 aliphatic heterocycles. The van der Waals surface area contributed by atoms with Gasteiger partial charge in [-0.15, -0.1) is 0 Å². The Labute approximate surface area is 211 Å². The van der Waals surface area contributed by atoms with Crippen LogP contribution >= 0.6 is 0 Å². The predicted octanol–water partition coefficient (Wildman–Crippen LogP) is 1.21. The summed E-state index contributed by atoms with van der Waals surface area (Å²) in [5.74, 6) is -6.87. The maximum atomic E-state index is 14.0. The molecule has 2 fully saturated rings. The van der Waals surface area contributed by atoms with Crippen molar-refractivity contribution in [1.29, 1.82) is 0 Å². The number of fused-ring (bicyclic) bond motifs is 2. The average Bonchev–Trinajstić information content (AvgIpc) is 3.25. The molecule has 0 bridgehead atoms. The molecular formula is C26H25F2N3O6. The first-order chi connectivity index (χ1) is 17.7. The number of nitrogens with one attached hydrogen (secondary N) is 1. The molecule has 5 rings (SSSR count). The van der Waals surface area contributed by atoms with Crippen LogP contribution < -0.4 is 5.32 Å². The minimum atomic E-state index is -2.68. The Kier molecular flexibility index (Phi) is 6.52. The highest BCUT2D eigenvalue weighted by Gasteiger charge is 2.61. The number of nitrogens with zero attached hydrogens (tertiary/aromatic N) is 2. The molecule has 0 saturated carbocycles. The Balaban J connectivity index is 1.44. The monoisotopic (exact) mass is 513 g/mol. The second kappa shape index (κ2) is 9.66. The van der Waals surface area contributed by atoms with Crippen LogP contribution in [0.3, 0.4) is 0 Å². The molecular weight excluding hydrogens is 488 g/mol. The maximum Gasteiger partial charge on any atom is 0.262 e.